The number of carbonyl (C=O) groups is 1. The molecule has 0 aromatic heterocycles. The lowest BCUT2D eigenvalue weighted by Gasteiger charge is -2.31. The van der Waals surface area contributed by atoms with E-state index in [9.17, 15) is 4.79 Å². The zero-order valence-electron chi connectivity index (χ0n) is 14.1. The van der Waals surface area contributed by atoms with Crippen LogP contribution in [0.1, 0.15) is 72.1 Å². The van der Waals surface area contributed by atoms with Crippen LogP contribution in [0.3, 0.4) is 0 Å². The molecule has 3 atom stereocenters. The highest BCUT2D eigenvalue weighted by Gasteiger charge is 2.29. The predicted octanol–water partition coefficient (Wildman–Crippen LogP) is 3.00. The Morgan fingerprint density at radius 1 is 1.29 bits per heavy atom. The highest BCUT2D eigenvalue weighted by atomic mass is 16.5. The molecule has 0 saturated heterocycles. The van der Waals surface area contributed by atoms with Crippen molar-refractivity contribution >= 4 is 5.91 Å². The first-order chi connectivity index (χ1) is 10.0. The Morgan fingerprint density at radius 2 is 2.00 bits per heavy atom. The number of nitrogens with two attached hydrogens (primary N) is 1. The number of unbranched alkanes of at least 4 members (excludes halogenated alkanes) is 1. The number of amides is 1. The number of ether oxygens (including phenoxy) is 1. The minimum absolute atomic E-state index is 0.261. The van der Waals surface area contributed by atoms with Gasteiger partial charge in [0.1, 0.15) is 0 Å². The van der Waals surface area contributed by atoms with Crippen LogP contribution >= 0.6 is 0 Å². The number of hydrogen-bond donors (Lipinski definition) is 2. The van der Waals surface area contributed by atoms with Crippen LogP contribution in [-0.4, -0.2) is 30.7 Å². The molecule has 1 rings (SSSR count). The van der Waals surface area contributed by atoms with E-state index in [1.165, 1.54) is 32.1 Å². The van der Waals surface area contributed by atoms with E-state index < -0.39 is 5.54 Å². The Kier molecular flexibility index (Phi) is 8.27. The van der Waals surface area contributed by atoms with Crippen LogP contribution in [0.5, 0.6) is 0 Å². The number of primary amides is 1. The third-order valence-corrected chi connectivity index (χ3v) is 4.88. The fraction of sp³-hybridized carbons (Fsp3) is 0.941. The molecular formula is C17H34N2O2. The first-order valence-corrected chi connectivity index (χ1v) is 8.70. The van der Waals surface area contributed by atoms with Gasteiger partial charge in [0, 0.05) is 6.61 Å². The predicted molar refractivity (Wildman–Crippen MR) is 87.1 cm³/mol. The van der Waals surface area contributed by atoms with Gasteiger partial charge in [0.15, 0.2) is 0 Å². The van der Waals surface area contributed by atoms with Crippen molar-refractivity contribution in [1.29, 1.82) is 0 Å². The van der Waals surface area contributed by atoms with Crippen LogP contribution in [0.2, 0.25) is 0 Å². The van der Waals surface area contributed by atoms with Crippen molar-refractivity contribution in [3.05, 3.63) is 0 Å². The molecule has 21 heavy (non-hydrogen) atoms. The summed E-state index contributed by atoms with van der Waals surface area (Å²) < 4.78 is 6.09. The molecule has 1 amide bonds. The van der Waals surface area contributed by atoms with Gasteiger partial charge >= 0.3 is 0 Å². The molecule has 1 aliphatic carbocycles. The number of hydrogen-bond acceptors (Lipinski definition) is 3. The maximum Gasteiger partial charge on any atom is 0.237 e. The Hall–Kier alpha value is -0.610. The van der Waals surface area contributed by atoms with Gasteiger partial charge in [-0.15, -0.1) is 0 Å². The molecule has 3 unspecified atom stereocenters. The van der Waals surface area contributed by atoms with Crippen molar-refractivity contribution in [2.45, 2.75) is 83.8 Å². The summed E-state index contributed by atoms with van der Waals surface area (Å²) >= 11 is 0. The second-order valence-electron chi connectivity index (χ2n) is 6.55. The number of rotatable bonds is 10. The van der Waals surface area contributed by atoms with Gasteiger partial charge in [0.05, 0.1) is 11.6 Å². The molecule has 4 nitrogen and oxygen atoms in total. The molecule has 0 aliphatic heterocycles. The van der Waals surface area contributed by atoms with Crippen molar-refractivity contribution in [2.75, 3.05) is 13.2 Å². The van der Waals surface area contributed by atoms with E-state index >= 15 is 0 Å². The standard InChI is InChI=1S/C17H34N2O2/c1-4-14-10-6-7-11-15(14)21-13-9-8-12-17(3,16(18)20)19-5-2/h14-15,19H,4-13H2,1-3H3,(H2,18,20). The summed E-state index contributed by atoms with van der Waals surface area (Å²) in [5.74, 6) is 0.486. The van der Waals surface area contributed by atoms with Crippen LogP contribution in [0, 0.1) is 5.92 Å². The van der Waals surface area contributed by atoms with Crippen LogP contribution in [0.25, 0.3) is 0 Å². The Bertz CT molecular complexity index is 309. The van der Waals surface area contributed by atoms with E-state index in [2.05, 4.69) is 12.2 Å². The highest BCUT2D eigenvalue weighted by molar-refractivity contribution is 5.84. The lowest BCUT2D eigenvalue weighted by Crippen LogP contribution is -2.53. The van der Waals surface area contributed by atoms with Crippen molar-refractivity contribution in [1.82, 2.24) is 5.32 Å². The topological polar surface area (TPSA) is 64.3 Å². The van der Waals surface area contributed by atoms with Gasteiger partial charge in [-0.1, -0.05) is 33.1 Å². The zero-order chi connectivity index (χ0) is 15.7. The Labute approximate surface area is 130 Å². The van der Waals surface area contributed by atoms with Crippen molar-refractivity contribution in [3.8, 4) is 0 Å². The average Bonchev–Trinajstić information content (AvgIpc) is 2.47. The van der Waals surface area contributed by atoms with Gasteiger partial charge < -0.3 is 15.8 Å². The summed E-state index contributed by atoms with van der Waals surface area (Å²) in [5.41, 5.74) is 4.91. The van der Waals surface area contributed by atoms with E-state index in [-0.39, 0.29) is 5.91 Å². The molecule has 1 saturated carbocycles. The molecule has 0 aromatic carbocycles. The summed E-state index contributed by atoms with van der Waals surface area (Å²) in [7, 11) is 0. The molecule has 0 aromatic rings. The van der Waals surface area contributed by atoms with Gasteiger partial charge in [0.2, 0.25) is 5.91 Å². The van der Waals surface area contributed by atoms with E-state index in [0.717, 1.165) is 38.3 Å². The molecule has 0 radical (unpaired) electrons. The van der Waals surface area contributed by atoms with Crippen LogP contribution in [0.4, 0.5) is 0 Å². The molecular weight excluding hydrogens is 264 g/mol. The summed E-state index contributed by atoms with van der Waals surface area (Å²) in [6, 6.07) is 0. The number of nitrogens with one attached hydrogen (secondary N) is 1. The fourth-order valence-electron chi connectivity index (χ4n) is 3.36. The van der Waals surface area contributed by atoms with Gasteiger partial charge in [-0.25, -0.2) is 0 Å². The van der Waals surface area contributed by atoms with E-state index in [0.29, 0.717) is 6.10 Å². The molecule has 4 heteroatoms. The summed E-state index contributed by atoms with van der Waals surface area (Å²) in [6.45, 7) is 7.73. The van der Waals surface area contributed by atoms with Gasteiger partial charge in [-0.3, -0.25) is 4.79 Å². The van der Waals surface area contributed by atoms with Crippen LogP contribution < -0.4 is 11.1 Å². The first-order valence-electron chi connectivity index (χ1n) is 8.70. The Balaban J connectivity index is 2.22. The largest absolute Gasteiger partial charge is 0.378 e. The summed E-state index contributed by atoms with van der Waals surface area (Å²) in [4.78, 5) is 11.5. The Morgan fingerprint density at radius 3 is 2.62 bits per heavy atom. The molecule has 124 valence electrons. The van der Waals surface area contributed by atoms with E-state index in [1.54, 1.807) is 0 Å². The number of likely N-dealkylation sites (N-methyl/N-ethyl adjacent to an activating group) is 1. The second kappa shape index (κ2) is 9.42. The molecule has 0 heterocycles. The third-order valence-electron chi connectivity index (χ3n) is 4.88. The van der Waals surface area contributed by atoms with Crippen molar-refractivity contribution < 1.29 is 9.53 Å². The summed E-state index contributed by atoms with van der Waals surface area (Å²) in [5, 5.41) is 3.20. The fourth-order valence-corrected chi connectivity index (χ4v) is 3.36. The van der Waals surface area contributed by atoms with Gasteiger partial charge in [-0.05, 0) is 51.5 Å². The first kappa shape index (κ1) is 18.4. The van der Waals surface area contributed by atoms with Crippen LogP contribution in [0.15, 0.2) is 0 Å². The minimum atomic E-state index is -0.578. The SMILES string of the molecule is CCNC(C)(CCCCOC1CCCCC1CC)C(N)=O. The molecule has 3 N–H and O–H groups in total. The number of carbonyl (C=O) groups excluding carboxylic acids is 1. The van der Waals surface area contributed by atoms with Crippen molar-refractivity contribution in [2.24, 2.45) is 11.7 Å². The lowest BCUT2D eigenvalue weighted by molar-refractivity contribution is -0.124. The zero-order valence-corrected chi connectivity index (χ0v) is 14.1. The summed E-state index contributed by atoms with van der Waals surface area (Å²) in [6.07, 6.45) is 9.64. The second-order valence-corrected chi connectivity index (χ2v) is 6.55. The monoisotopic (exact) mass is 298 g/mol. The highest BCUT2D eigenvalue weighted by Crippen LogP contribution is 2.29. The smallest absolute Gasteiger partial charge is 0.237 e. The molecule has 0 bridgehead atoms. The quantitative estimate of drug-likeness (QED) is 0.609. The lowest BCUT2D eigenvalue weighted by atomic mass is 9.85. The molecule has 1 fully saturated rings. The van der Waals surface area contributed by atoms with Gasteiger partial charge in [-0.2, -0.15) is 0 Å². The van der Waals surface area contributed by atoms with E-state index in [4.69, 9.17) is 10.5 Å². The molecule has 1 aliphatic rings. The average molecular weight is 298 g/mol. The van der Waals surface area contributed by atoms with Crippen LogP contribution in [-0.2, 0) is 9.53 Å². The minimum Gasteiger partial charge on any atom is -0.378 e. The maximum atomic E-state index is 11.5. The maximum absolute atomic E-state index is 11.5. The van der Waals surface area contributed by atoms with E-state index in [1.807, 2.05) is 13.8 Å². The molecule has 0 spiro atoms. The van der Waals surface area contributed by atoms with Crippen molar-refractivity contribution in [3.63, 3.8) is 0 Å². The third kappa shape index (κ3) is 5.95. The van der Waals surface area contributed by atoms with Gasteiger partial charge in [0.25, 0.3) is 0 Å². The normalized spacial score (nSPS) is 25.5.